The van der Waals surface area contributed by atoms with Crippen LogP contribution >= 0.6 is 11.8 Å². The Morgan fingerprint density at radius 3 is 2.93 bits per heavy atom. The van der Waals surface area contributed by atoms with Crippen molar-refractivity contribution in [3.05, 3.63) is 59.0 Å². The molecule has 0 aromatic heterocycles. The van der Waals surface area contributed by atoms with E-state index in [4.69, 9.17) is 9.47 Å². The van der Waals surface area contributed by atoms with Gasteiger partial charge in [0.2, 0.25) is 0 Å². The molecule has 0 atom stereocenters. The molecule has 0 aliphatic carbocycles. The van der Waals surface area contributed by atoms with Crippen LogP contribution in [0.25, 0.3) is 5.70 Å². The van der Waals surface area contributed by atoms with Crippen LogP contribution in [0.1, 0.15) is 25.0 Å². The number of nitrogens with one attached hydrogen (secondary N) is 1. The summed E-state index contributed by atoms with van der Waals surface area (Å²) in [4.78, 5) is 19.1. The average Bonchev–Trinajstić information content (AvgIpc) is 3.40. The summed E-state index contributed by atoms with van der Waals surface area (Å²) in [7, 11) is 0. The summed E-state index contributed by atoms with van der Waals surface area (Å²) in [6, 6.07) is 13.7. The van der Waals surface area contributed by atoms with E-state index in [-0.39, 0.29) is 18.1 Å². The molecule has 154 valence electrons. The standard InChI is InChI=1S/C23H23N3O3S/c1-23(2)12-16-4-3-5-19(21(16)29-23)28-13-20(27)25-17-8-6-15(7-9-17)18-14-30-22-24-10-11-26(18)22/h3-9,14H,10-13H2,1-2H3,(H,25,27). The van der Waals surface area contributed by atoms with Crippen LogP contribution in [0.2, 0.25) is 0 Å². The summed E-state index contributed by atoms with van der Waals surface area (Å²) in [6.45, 7) is 5.79. The van der Waals surface area contributed by atoms with Crippen LogP contribution in [-0.4, -0.2) is 41.3 Å². The van der Waals surface area contributed by atoms with E-state index in [2.05, 4.69) is 20.6 Å². The molecule has 0 unspecified atom stereocenters. The Balaban J connectivity index is 1.19. The van der Waals surface area contributed by atoms with Gasteiger partial charge in [0.25, 0.3) is 5.91 Å². The molecule has 30 heavy (non-hydrogen) atoms. The van der Waals surface area contributed by atoms with E-state index in [1.165, 1.54) is 5.70 Å². The smallest absolute Gasteiger partial charge is 0.262 e. The minimum atomic E-state index is -0.249. The van der Waals surface area contributed by atoms with Gasteiger partial charge in [0.1, 0.15) is 5.60 Å². The van der Waals surface area contributed by atoms with Crippen LogP contribution < -0.4 is 14.8 Å². The number of hydrogen-bond acceptors (Lipinski definition) is 6. The highest BCUT2D eigenvalue weighted by molar-refractivity contribution is 8.16. The van der Waals surface area contributed by atoms with E-state index in [0.29, 0.717) is 5.75 Å². The maximum atomic E-state index is 12.4. The Hall–Kier alpha value is -2.93. The molecule has 1 amide bonds. The average molecular weight is 422 g/mol. The molecule has 1 N–H and O–H groups in total. The van der Waals surface area contributed by atoms with E-state index in [1.807, 2.05) is 56.3 Å². The van der Waals surface area contributed by atoms with Gasteiger partial charge in [0.05, 0.1) is 12.2 Å². The van der Waals surface area contributed by atoms with E-state index >= 15 is 0 Å². The number of amidine groups is 1. The van der Waals surface area contributed by atoms with Crippen molar-refractivity contribution >= 4 is 34.2 Å². The zero-order valence-corrected chi connectivity index (χ0v) is 17.8. The van der Waals surface area contributed by atoms with Gasteiger partial charge in [-0.3, -0.25) is 9.79 Å². The molecule has 2 aromatic rings. The van der Waals surface area contributed by atoms with Gasteiger partial charge in [0.15, 0.2) is 23.3 Å². The zero-order valence-electron chi connectivity index (χ0n) is 17.0. The number of amides is 1. The van der Waals surface area contributed by atoms with Crippen molar-refractivity contribution in [1.82, 2.24) is 4.90 Å². The van der Waals surface area contributed by atoms with E-state index in [1.54, 1.807) is 11.8 Å². The van der Waals surface area contributed by atoms with E-state index < -0.39 is 0 Å². The molecule has 0 fully saturated rings. The van der Waals surface area contributed by atoms with Gasteiger partial charge in [-0.2, -0.15) is 0 Å². The molecule has 3 aliphatic rings. The first-order valence-corrected chi connectivity index (χ1v) is 10.9. The predicted molar refractivity (Wildman–Crippen MR) is 120 cm³/mol. The lowest BCUT2D eigenvalue weighted by Crippen LogP contribution is -2.25. The Morgan fingerprint density at radius 2 is 2.10 bits per heavy atom. The maximum Gasteiger partial charge on any atom is 0.262 e. The second-order valence-electron chi connectivity index (χ2n) is 8.13. The molecule has 6 nitrogen and oxygen atoms in total. The van der Waals surface area contributed by atoms with Crippen molar-refractivity contribution < 1.29 is 14.3 Å². The van der Waals surface area contributed by atoms with Crippen LogP contribution in [0.3, 0.4) is 0 Å². The quantitative estimate of drug-likeness (QED) is 0.786. The first-order valence-electron chi connectivity index (χ1n) is 10.0. The molecule has 7 heteroatoms. The lowest BCUT2D eigenvalue weighted by molar-refractivity contribution is -0.118. The number of rotatable bonds is 5. The van der Waals surface area contributed by atoms with Gasteiger partial charge in [-0.25, -0.2) is 0 Å². The number of thioether (sulfide) groups is 1. The maximum absolute atomic E-state index is 12.4. The first-order chi connectivity index (χ1) is 14.5. The molecule has 0 spiro atoms. The van der Waals surface area contributed by atoms with Crippen LogP contribution in [0.4, 0.5) is 5.69 Å². The molecule has 3 aliphatic heterocycles. The number of hydrogen-bond donors (Lipinski definition) is 1. The summed E-state index contributed by atoms with van der Waals surface area (Å²) in [6.07, 6.45) is 0.831. The second kappa shape index (κ2) is 7.40. The van der Waals surface area contributed by atoms with Crippen molar-refractivity contribution in [1.29, 1.82) is 0 Å². The van der Waals surface area contributed by atoms with Gasteiger partial charge >= 0.3 is 0 Å². The molecule has 0 radical (unpaired) electrons. The summed E-state index contributed by atoms with van der Waals surface area (Å²) in [5.41, 5.74) is 3.88. The molecule has 0 bridgehead atoms. The zero-order chi connectivity index (χ0) is 20.7. The van der Waals surface area contributed by atoms with Gasteiger partial charge in [0, 0.05) is 29.6 Å². The Labute approximate surface area is 180 Å². The second-order valence-corrected chi connectivity index (χ2v) is 8.97. The summed E-state index contributed by atoms with van der Waals surface area (Å²) >= 11 is 1.66. The van der Waals surface area contributed by atoms with Crippen molar-refractivity contribution in [2.45, 2.75) is 25.9 Å². The molecule has 3 heterocycles. The van der Waals surface area contributed by atoms with E-state index in [0.717, 1.165) is 47.2 Å². The van der Waals surface area contributed by atoms with E-state index in [9.17, 15) is 4.79 Å². The number of para-hydroxylation sites is 1. The summed E-state index contributed by atoms with van der Waals surface area (Å²) in [5, 5.41) is 6.09. The Bertz CT molecular complexity index is 1060. The normalized spacial score (nSPS) is 18.3. The Morgan fingerprint density at radius 1 is 1.27 bits per heavy atom. The largest absolute Gasteiger partial charge is 0.483 e. The van der Waals surface area contributed by atoms with Gasteiger partial charge in [-0.05, 0) is 37.6 Å². The lowest BCUT2D eigenvalue weighted by atomic mass is 10.0. The molecular formula is C23H23N3O3S. The minimum absolute atomic E-state index is 0.0720. The van der Waals surface area contributed by atoms with Crippen LogP contribution in [-0.2, 0) is 11.2 Å². The number of fused-ring (bicyclic) bond motifs is 2. The van der Waals surface area contributed by atoms with Crippen molar-refractivity contribution in [3.63, 3.8) is 0 Å². The highest BCUT2D eigenvalue weighted by Gasteiger charge is 2.32. The fourth-order valence-corrected chi connectivity index (χ4v) is 4.88. The number of carbonyl (C=O) groups is 1. The monoisotopic (exact) mass is 421 g/mol. The van der Waals surface area contributed by atoms with Crippen molar-refractivity contribution in [2.75, 3.05) is 25.0 Å². The van der Waals surface area contributed by atoms with Crippen LogP contribution in [0, 0.1) is 0 Å². The number of aliphatic imine (C=N–C) groups is 1. The van der Waals surface area contributed by atoms with Crippen molar-refractivity contribution in [3.8, 4) is 11.5 Å². The number of nitrogens with zero attached hydrogens (tertiary/aromatic N) is 2. The predicted octanol–water partition coefficient (Wildman–Crippen LogP) is 4.13. The minimum Gasteiger partial charge on any atom is -0.483 e. The third-order valence-electron chi connectivity index (χ3n) is 5.25. The molecule has 0 saturated heterocycles. The lowest BCUT2D eigenvalue weighted by Gasteiger charge is -2.18. The first kappa shape index (κ1) is 19.1. The molecule has 0 saturated carbocycles. The summed E-state index contributed by atoms with van der Waals surface area (Å²) < 4.78 is 11.8. The number of ether oxygens (including phenoxy) is 2. The van der Waals surface area contributed by atoms with Crippen molar-refractivity contribution in [2.24, 2.45) is 4.99 Å². The van der Waals surface area contributed by atoms with Crippen LogP contribution in [0.5, 0.6) is 11.5 Å². The van der Waals surface area contributed by atoms with Gasteiger partial charge in [-0.1, -0.05) is 36.0 Å². The van der Waals surface area contributed by atoms with Gasteiger partial charge in [-0.15, -0.1) is 0 Å². The third-order valence-corrected chi connectivity index (χ3v) is 6.15. The molecular weight excluding hydrogens is 398 g/mol. The summed E-state index contributed by atoms with van der Waals surface area (Å²) in [5.74, 6) is 1.15. The number of anilines is 1. The SMILES string of the molecule is CC1(C)Cc2cccc(OCC(=O)Nc3ccc(C4=CSC5=NCCN45)cc3)c2O1. The molecule has 5 rings (SSSR count). The van der Waals surface area contributed by atoms with Crippen LogP contribution in [0.15, 0.2) is 52.9 Å². The molecule has 2 aromatic carbocycles. The topological polar surface area (TPSA) is 63.2 Å². The van der Waals surface area contributed by atoms with Gasteiger partial charge < -0.3 is 19.7 Å². The highest BCUT2D eigenvalue weighted by atomic mass is 32.2. The fraction of sp³-hybridized carbons (Fsp3) is 0.304. The number of carbonyl (C=O) groups excluding carboxylic acids is 1. The third kappa shape index (κ3) is 3.65. The number of benzene rings is 2. The Kier molecular flexibility index (Phi) is 4.70. The fourth-order valence-electron chi connectivity index (χ4n) is 3.91. The highest BCUT2D eigenvalue weighted by Crippen LogP contribution is 2.41.